The van der Waals surface area contributed by atoms with Crippen LogP contribution >= 0.6 is 0 Å². The standard InChI is InChI=1S/C35H21N2O.C23H26NSi.Ir/c1-2-11-23(12-3-1)26-22-21-24-13-4-5-14-25(24)33(26)37-31-19-8-7-18-30(31)36-35(37)29-17-10-16-28-27-15-6-9-20-32(27)38-34(28)29;1-18(19-11-7-5-8-12-19)15-21-16-22(20-13-9-6-10-14-20)24-17-23(21)25(2,3)4;/h1-16,18-22H;5-13,16-18H,15H2,1-4H3;/q2*-1;/i;15D2;. The molecule has 0 spiro atoms. The SMILES string of the molecule is [2H]C([2H])(c1cc(-c2[c-]cccc2)ncc1[Si](C)(C)C)C(C)c1ccccc1.[Ir].[c-]1ccc2c(oc3ccccc32)c1-c1nc2ccccc2n1-c1c(-c2ccccc2)ccc2ccccc12. The van der Waals surface area contributed by atoms with Crippen LogP contribution in [0.1, 0.15) is 26.7 Å². The summed E-state index contributed by atoms with van der Waals surface area (Å²) in [6, 6.07) is 70.4. The third-order valence-corrected chi connectivity index (χ3v) is 13.7. The number of fused-ring (bicyclic) bond motifs is 5. The number of hydrogen-bond donors (Lipinski definition) is 0. The number of nitrogens with zero attached hydrogens (tertiary/aromatic N) is 3. The van der Waals surface area contributed by atoms with Gasteiger partial charge in [0.1, 0.15) is 5.58 Å². The molecule has 0 aliphatic carbocycles. The molecule has 8 aromatic carbocycles. The van der Waals surface area contributed by atoms with Crippen LogP contribution in [0, 0.1) is 12.1 Å². The van der Waals surface area contributed by atoms with Crippen LogP contribution in [0.3, 0.4) is 0 Å². The number of imidazole rings is 1. The van der Waals surface area contributed by atoms with Gasteiger partial charge in [-0.1, -0.05) is 177 Å². The van der Waals surface area contributed by atoms with Crippen molar-refractivity contribution in [1.82, 2.24) is 14.5 Å². The van der Waals surface area contributed by atoms with Crippen molar-refractivity contribution < 1.29 is 27.3 Å². The van der Waals surface area contributed by atoms with E-state index < -0.39 is 14.4 Å². The molecule has 0 bridgehead atoms. The minimum atomic E-state index is -1.77. The van der Waals surface area contributed by atoms with Gasteiger partial charge in [-0.2, -0.15) is 0 Å². The molecule has 1 atom stereocenters. The van der Waals surface area contributed by atoms with E-state index in [4.69, 9.17) is 12.1 Å². The Morgan fingerprint density at radius 1 is 0.688 bits per heavy atom. The summed E-state index contributed by atoms with van der Waals surface area (Å²) in [6.07, 6.45) is 0.400. The number of hydrogen-bond acceptors (Lipinski definition) is 3. The number of furan rings is 1. The number of rotatable bonds is 8. The number of pyridine rings is 1. The van der Waals surface area contributed by atoms with Crippen molar-refractivity contribution in [2.75, 3.05) is 0 Å². The molecule has 0 saturated heterocycles. The number of benzene rings is 8. The average Bonchev–Trinajstić information content (AvgIpc) is 3.93. The Morgan fingerprint density at radius 2 is 1.39 bits per heavy atom. The van der Waals surface area contributed by atoms with Crippen LogP contribution in [0.2, 0.25) is 19.6 Å². The summed E-state index contributed by atoms with van der Waals surface area (Å²) in [5, 5.41) is 5.58. The molecular weight excluding hydrogens is 975 g/mol. The molecule has 0 aliphatic heterocycles. The summed E-state index contributed by atoms with van der Waals surface area (Å²) in [5.41, 5.74) is 11.3. The molecule has 64 heavy (non-hydrogen) atoms. The third-order valence-electron chi connectivity index (χ3n) is 11.7. The molecule has 1 radical (unpaired) electrons. The predicted molar refractivity (Wildman–Crippen MR) is 266 cm³/mol. The molecule has 0 aliphatic rings. The molecule has 315 valence electrons. The van der Waals surface area contributed by atoms with E-state index >= 15 is 0 Å². The second-order valence-electron chi connectivity index (χ2n) is 16.9. The summed E-state index contributed by atoms with van der Waals surface area (Å²) in [4.78, 5) is 9.85. The summed E-state index contributed by atoms with van der Waals surface area (Å²) in [6.45, 7) is 8.69. The van der Waals surface area contributed by atoms with E-state index in [1.807, 2.05) is 104 Å². The van der Waals surface area contributed by atoms with Gasteiger partial charge in [0, 0.05) is 45.4 Å². The fraction of sp³-hybridized carbons (Fsp3) is 0.103. The molecule has 0 amide bonds. The van der Waals surface area contributed by atoms with Gasteiger partial charge >= 0.3 is 0 Å². The van der Waals surface area contributed by atoms with Gasteiger partial charge in [-0.05, 0) is 57.9 Å². The van der Waals surface area contributed by atoms with Gasteiger partial charge in [0.2, 0.25) is 0 Å². The second-order valence-corrected chi connectivity index (χ2v) is 22.0. The zero-order chi connectivity index (χ0) is 44.7. The number of aromatic nitrogens is 3. The Bertz CT molecular complexity index is 3470. The van der Waals surface area contributed by atoms with Gasteiger partial charge in [0.15, 0.2) is 0 Å². The molecule has 11 rings (SSSR count). The van der Waals surface area contributed by atoms with Gasteiger partial charge < -0.3 is 14.0 Å². The largest absolute Gasteiger partial charge is 0.501 e. The molecule has 6 heteroatoms. The second kappa shape index (κ2) is 18.2. The normalized spacial score (nSPS) is 12.6. The Morgan fingerprint density at radius 3 is 2.17 bits per heavy atom. The maximum Gasteiger partial charge on any atom is 0.120 e. The average molecular weight is 1020 g/mol. The Balaban J connectivity index is 0.000000174. The quantitative estimate of drug-likeness (QED) is 0.113. The fourth-order valence-electron chi connectivity index (χ4n) is 8.55. The van der Waals surface area contributed by atoms with Crippen molar-refractivity contribution in [3.8, 4) is 39.5 Å². The zero-order valence-corrected chi connectivity index (χ0v) is 39.5. The maximum atomic E-state index is 9.04. The number of para-hydroxylation sites is 3. The van der Waals surface area contributed by atoms with Crippen LogP contribution in [0.15, 0.2) is 199 Å². The molecule has 0 saturated carbocycles. The van der Waals surface area contributed by atoms with Crippen molar-refractivity contribution >= 4 is 57.0 Å². The van der Waals surface area contributed by atoms with E-state index in [0.717, 1.165) is 94.1 Å². The molecule has 11 aromatic rings. The van der Waals surface area contributed by atoms with Gasteiger partial charge in [-0.15, -0.1) is 54.1 Å². The van der Waals surface area contributed by atoms with E-state index in [1.54, 1.807) is 0 Å². The molecule has 0 N–H and O–H groups in total. The van der Waals surface area contributed by atoms with Crippen LogP contribution in [0.5, 0.6) is 0 Å². The van der Waals surface area contributed by atoms with Crippen LogP contribution in [0.4, 0.5) is 0 Å². The van der Waals surface area contributed by atoms with E-state index in [0.29, 0.717) is 0 Å². The van der Waals surface area contributed by atoms with E-state index in [2.05, 4.69) is 138 Å². The fourth-order valence-corrected chi connectivity index (χ4v) is 9.96. The molecule has 3 heterocycles. The monoisotopic (exact) mass is 1020 g/mol. The molecule has 1 unspecified atom stereocenters. The molecule has 0 fully saturated rings. The van der Waals surface area contributed by atoms with Gasteiger partial charge in [-0.25, -0.2) is 0 Å². The Hall–Kier alpha value is -6.69. The van der Waals surface area contributed by atoms with Crippen molar-refractivity contribution in [2.24, 2.45) is 0 Å². The first-order valence-corrected chi connectivity index (χ1v) is 25.0. The van der Waals surface area contributed by atoms with Gasteiger partial charge in [0.25, 0.3) is 0 Å². The van der Waals surface area contributed by atoms with E-state index in [9.17, 15) is 0 Å². The molecular formula is C58H47IrN3OSi-2. The minimum absolute atomic E-state index is 0. The zero-order valence-electron chi connectivity index (χ0n) is 38.1. The topological polar surface area (TPSA) is 43.9 Å². The third kappa shape index (κ3) is 8.29. The van der Waals surface area contributed by atoms with Crippen molar-refractivity contribution in [3.63, 3.8) is 0 Å². The summed E-state index contributed by atoms with van der Waals surface area (Å²) < 4.78 is 26.8. The van der Waals surface area contributed by atoms with E-state index in [1.165, 1.54) is 5.39 Å². The molecule has 4 nitrogen and oxygen atoms in total. The van der Waals surface area contributed by atoms with Crippen molar-refractivity contribution in [1.29, 1.82) is 0 Å². The van der Waals surface area contributed by atoms with Gasteiger partial charge in [0.05, 0.1) is 36.2 Å². The van der Waals surface area contributed by atoms with Crippen LogP contribution in [0.25, 0.3) is 83.2 Å². The van der Waals surface area contributed by atoms with Crippen LogP contribution < -0.4 is 5.19 Å². The Labute approximate surface area is 392 Å². The maximum absolute atomic E-state index is 9.04. The predicted octanol–water partition coefficient (Wildman–Crippen LogP) is 14.6. The minimum Gasteiger partial charge on any atom is -0.501 e. The van der Waals surface area contributed by atoms with Gasteiger partial charge in [-0.3, -0.25) is 4.98 Å². The van der Waals surface area contributed by atoms with E-state index in [-0.39, 0.29) is 26.0 Å². The Kier molecular flexibility index (Phi) is 11.4. The smallest absolute Gasteiger partial charge is 0.120 e. The van der Waals surface area contributed by atoms with Crippen molar-refractivity contribution in [2.45, 2.75) is 38.9 Å². The first-order valence-electron chi connectivity index (χ1n) is 22.5. The van der Waals surface area contributed by atoms with Crippen LogP contribution in [-0.2, 0) is 26.5 Å². The van der Waals surface area contributed by atoms with Crippen LogP contribution in [-0.4, -0.2) is 22.6 Å². The first-order chi connectivity index (χ1) is 31.6. The summed E-state index contributed by atoms with van der Waals surface area (Å²) in [7, 11) is -1.77. The summed E-state index contributed by atoms with van der Waals surface area (Å²) >= 11 is 0. The first kappa shape index (κ1) is 40.1. The molecule has 3 aromatic heterocycles. The van der Waals surface area contributed by atoms with Crippen molar-refractivity contribution in [3.05, 3.63) is 218 Å². The summed E-state index contributed by atoms with van der Waals surface area (Å²) in [5.74, 6) is 0.549.